The predicted molar refractivity (Wildman–Crippen MR) is 76.1 cm³/mol. The number of carbonyl (C=O) groups is 1. The highest BCUT2D eigenvalue weighted by molar-refractivity contribution is 9.09. The number of hydrogen-bond acceptors (Lipinski definition) is 2. The van der Waals surface area contributed by atoms with Gasteiger partial charge in [-0.05, 0) is 11.5 Å². The minimum Gasteiger partial charge on any atom is -0.463 e. The third-order valence-electron chi connectivity index (χ3n) is 2.81. The zero-order valence-electron chi connectivity index (χ0n) is 10.5. The maximum atomic E-state index is 12.1. The van der Waals surface area contributed by atoms with Crippen molar-refractivity contribution in [3.63, 3.8) is 0 Å². The average molecular weight is 310 g/mol. The van der Waals surface area contributed by atoms with Gasteiger partial charge in [-0.2, -0.15) is 0 Å². The second kappa shape index (κ2) is 5.14. The molecule has 0 saturated carbocycles. The molecule has 2 rings (SSSR count). The number of alkyl halides is 1. The lowest BCUT2D eigenvalue weighted by molar-refractivity contribution is 0.0941. The molecule has 0 atom stereocenters. The van der Waals surface area contributed by atoms with Crippen LogP contribution in [0.15, 0.2) is 34.9 Å². The van der Waals surface area contributed by atoms with Crippen molar-refractivity contribution in [2.24, 2.45) is 5.41 Å². The number of carbonyl (C=O) groups excluding carboxylic acids is 1. The van der Waals surface area contributed by atoms with Gasteiger partial charge in [-0.3, -0.25) is 4.79 Å². The molecule has 1 aromatic heterocycles. The van der Waals surface area contributed by atoms with Crippen LogP contribution in [0.2, 0.25) is 0 Å². The molecular weight excluding hydrogens is 294 g/mol. The van der Waals surface area contributed by atoms with Crippen LogP contribution in [0.3, 0.4) is 0 Å². The first-order valence-electron chi connectivity index (χ1n) is 5.84. The number of amides is 1. The highest BCUT2D eigenvalue weighted by Gasteiger charge is 2.19. The summed E-state index contributed by atoms with van der Waals surface area (Å²) >= 11 is 3.44. The largest absolute Gasteiger partial charge is 0.463 e. The van der Waals surface area contributed by atoms with E-state index in [0.29, 0.717) is 12.1 Å². The molecule has 18 heavy (non-hydrogen) atoms. The van der Waals surface area contributed by atoms with Crippen molar-refractivity contribution in [1.29, 1.82) is 0 Å². The summed E-state index contributed by atoms with van der Waals surface area (Å²) in [6.45, 7) is 4.81. The molecule has 0 aliphatic heterocycles. The Balaban J connectivity index is 2.14. The molecule has 3 nitrogen and oxygen atoms in total. The van der Waals surface area contributed by atoms with Crippen molar-refractivity contribution < 1.29 is 9.21 Å². The number of nitrogens with one attached hydrogen (secondary N) is 1. The number of halogens is 1. The number of benzene rings is 1. The van der Waals surface area contributed by atoms with Crippen molar-refractivity contribution in [3.8, 4) is 0 Å². The molecule has 0 aliphatic rings. The van der Waals surface area contributed by atoms with Crippen LogP contribution < -0.4 is 5.32 Å². The smallest absolute Gasteiger partial charge is 0.255 e. The van der Waals surface area contributed by atoms with E-state index in [1.165, 1.54) is 6.26 Å². The van der Waals surface area contributed by atoms with Gasteiger partial charge in [-0.1, -0.05) is 48.0 Å². The summed E-state index contributed by atoms with van der Waals surface area (Å²) in [4.78, 5) is 12.1. The van der Waals surface area contributed by atoms with Crippen LogP contribution in [0.5, 0.6) is 0 Å². The molecule has 1 N–H and O–H groups in total. The average Bonchev–Trinajstić information content (AvgIpc) is 2.80. The second-order valence-corrected chi connectivity index (χ2v) is 5.69. The van der Waals surface area contributed by atoms with Gasteiger partial charge in [-0.25, -0.2) is 0 Å². The van der Waals surface area contributed by atoms with Gasteiger partial charge >= 0.3 is 0 Å². The summed E-state index contributed by atoms with van der Waals surface area (Å²) in [7, 11) is 0. The first-order valence-corrected chi connectivity index (χ1v) is 6.96. The van der Waals surface area contributed by atoms with Crippen molar-refractivity contribution in [1.82, 2.24) is 5.32 Å². The van der Waals surface area contributed by atoms with Gasteiger partial charge in [0.15, 0.2) is 0 Å². The van der Waals surface area contributed by atoms with Crippen LogP contribution in [0, 0.1) is 5.41 Å². The van der Waals surface area contributed by atoms with Gasteiger partial charge in [0.05, 0.1) is 5.56 Å². The number of rotatable bonds is 4. The van der Waals surface area contributed by atoms with E-state index >= 15 is 0 Å². The molecule has 0 unspecified atom stereocenters. The monoisotopic (exact) mass is 309 g/mol. The number of hydrogen-bond donors (Lipinski definition) is 1. The molecule has 1 heterocycles. The quantitative estimate of drug-likeness (QED) is 0.877. The first kappa shape index (κ1) is 13.1. The zero-order chi connectivity index (χ0) is 13.2. The number of para-hydroxylation sites is 1. The van der Waals surface area contributed by atoms with Crippen LogP contribution in [-0.4, -0.2) is 17.8 Å². The van der Waals surface area contributed by atoms with E-state index in [4.69, 9.17) is 4.42 Å². The van der Waals surface area contributed by atoms with E-state index in [-0.39, 0.29) is 11.3 Å². The summed E-state index contributed by atoms with van der Waals surface area (Å²) < 4.78 is 5.36. The molecule has 4 heteroatoms. The Labute approximate surface area is 115 Å². The highest BCUT2D eigenvalue weighted by Crippen LogP contribution is 2.21. The third-order valence-corrected chi connectivity index (χ3v) is 4.33. The third kappa shape index (κ3) is 2.75. The molecule has 0 spiro atoms. The van der Waals surface area contributed by atoms with Crippen LogP contribution in [0.25, 0.3) is 11.0 Å². The molecule has 0 aliphatic carbocycles. The Hall–Kier alpha value is -1.29. The fraction of sp³-hybridized carbons (Fsp3) is 0.357. The lowest BCUT2D eigenvalue weighted by atomic mass is 9.97. The molecule has 0 bridgehead atoms. The Morgan fingerprint density at radius 3 is 2.83 bits per heavy atom. The van der Waals surface area contributed by atoms with Crippen LogP contribution in [-0.2, 0) is 0 Å². The molecule has 0 saturated heterocycles. The standard InChI is InChI=1S/C14H16BrNO2/c1-14(2,8-15)9-16-13(17)11-7-18-12-6-4-3-5-10(11)12/h3-7H,8-9H2,1-2H3,(H,16,17). The SMILES string of the molecule is CC(C)(CBr)CNC(=O)c1coc2ccccc12. The van der Waals surface area contributed by atoms with Crippen LogP contribution in [0.1, 0.15) is 24.2 Å². The van der Waals surface area contributed by atoms with Gasteiger partial charge < -0.3 is 9.73 Å². The van der Waals surface area contributed by atoms with Crippen molar-refractivity contribution in [2.75, 3.05) is 11.9 Å². The van der Waals surface area contributed by atoms with E-state index in [9.17, 15) is 4.79 Å². The molecule has 0 radical (unpaired) electrons. The Bertz CT molecular complexity index is 560. The minimum absolute atomic E-state index is 0.0369. The fourth-order valence-electron chi connectivity index (χ4n) is 1.62. The van der Waals surface area contributed by atoms with Crippen molar-refractivity contribution >= 4 is 32.8 Å². The minimum atomic E-state index is -0.0889. The second-order valence-electron chi connectivity index (χ2n) is 5.13. The Morgan fingerprint density at radius 2 is 2.11 bits per heavy atom. The Kier molecular flexibility index (Phi) is 3.76. The first-order chi connectivity index (χ1) is 8.53. The van der Waals surface area contributed by atoms with Gasteiger partial charge in [0.25, 0.3) is 5.91 Å². The van der Waals surface area contributed by atoms with Crippen molar-refractivity contribution in [3.05, 3.63) is 36.1 Å². The predicted octanol–water partition coefficient (Wildman–Crippen LogP) is 3.58. The van der Waals surface area contributed by atoms with Crippen LogP contribution >= 0.6 is 15.9 Å². The molecule has 1 amide bonds. The highest BCUT2D eigenvalue weighted by atomic mass is 79.9. The topological polar surface area (TPSA) is 42.2 Å². The summed E-state index contributed by atoms with van der Waals surface area (Å²) in [5, 5.41) is 4.63. The summed E-state index contributed by atoms with van der Waals surface area (Å²) in [5.74, 6) is -0.0889. The number of fused-ring (bicyclic) bond motifs is 1. The van der Waals surface area contributed by atoms with E-state index < -0.39 is 0 Å². The lowest BCUT2D eigenvalue weighted by Crippen LogP contribution is -2.34. The molecule has 96 valence electrons. The lowest BCUT2D eigenvalue weighted by Gasteiger charge is -2.21. The van der Waals surface area contributed by atoms with E-state index in [1.54, 1.807) is 0 Å². The maximum absolute atomic E-state index is 12.1. The van der Waals surface area contributed by atoms with Crippen LogP contribution in [0.4, 0.5) is 0 Å². The van der Waals surface area contributed by atoms with E-state index in [2.05, 4.69) is 35.1 Å². The molecule has 1 aromatic carbocycles. The van der Waals surface area contributed by atoms with Gasteiger partial charge in [-0.15, -0.1) is 0 Å². The fourth-order valence-corrected chi connectivity index (χ4v) is 1.81. The van der Waals surface area contributed by atoms with Crippen molar-refractivity contribution in [2.45, 2.75) is 13.8 Å². The summed E-state index contributed by atoms with van der Waals surface area (Å²) in [5.41, 5.74) is 1.37. The maximum Gasteiger partial charge on any atom is 0.255 e. The van der Waals surface area contributed by atoms with E-state index in [0.717, 1.165) is 16.3 Å². The van der Waals surface area contributed by atoms with E-state index in [1.807, 2.05) is 24.3 Å². The van der Waals surface area contributed by atoms with Gasteiger partial charge in [0.1, 0.15) is 11.8 Å². The summed E-state index contributed by atoms with van der Waals surface area (Å²) in [6, 6.07) is 7.54. The Morgan fingerprint density at radius 1 is 1.39 bits per heavy atom. The van der Waals surface area contributed by atoms with Gasteiger partial charge in [0.2, 0.25) is 0 Å². The number of furan rings is 1. The zero-order valence-corrected chi connectivity index (χ0v) is 12.1. The summed E-state index contributed by atoms with van der Waals surface area (Å²) in [6.07, 6.45) is 1.52. The molecule has 0 fully saturated rings. The normalized spacial score (nSPS) is 11.7. The molecular formula is C14H16BrNO2. The van der Waals surface area contributed by atoms with Gasteiger partial charge in [0, 0.05) is 17.3 Å². The molecule has 2 aromatic rings.